The fourth-order valence-corrected chi connectivity index (χ4v) is 4.05. The van der Waals surface area contributed by atoms with Gasteiger partial charge in [-0.15, -0.1) is 0 Å². The molecule has 3 aromatic rings. The third-order valence-corrected chi connectivity index (χ3v) is 5.68. The summed E-state index contributed by atoms with van der Waals surface area (Å²) >= 11 is 6.23. The molecule has 0 saturated heterocycles. The highest BCUT2D eigenvalue weighted by Gasteiger charge is 2.14. The summed E-state index contributed by atoms with van der Waals surface area (Å²) < 4.78 is 7.09. The third kappa shape index (κ3) is 5.42. The van der Waals surface area contributed by atoms with Crippen molar-refractivity contribution in [1.82, 2.24) is 19.7 Å². The average molecular weight is 431 g/mol. The maximum absolute atomic E-state index is 12.7. The first-order valence-electron chi connectivity index (χ1n) is 10.8. The van der Waals surface area contributed by atoms with E-state index in [1.54, 1.807) is 7.11 Å². The van der Waals surface area contributed by atoms with Gasteiger partial charge in [0.05, 0.1) is 17.8 Å². The first-order valence-corrected chi connectivity index (χ1v) is 11.2. The molecule has 2 heterocycles. The molecule has 0 atom stereocenters. The normalized spacial score (nSPS) is 11.3. The Bertz CT molecular complexity index is 1040. The highest BCUT2D eigenvalue weighted by molar-refractivity contribution is 6.32. The minimum atomic E-state index is -0.141. The van der Waals surface area contributed by atoms with Crippen LogP contribution in [0.5, 0.6) is 5.75 Å². The van der Waals surface area contributed by atoms with Gasteiger partial charge in [-0.2, -0.15) is 5.10 Å². The van der Waals surface area contributed by atoms with E-state index in [1.165, 1.54) is 38.5 Å². The average Bonchev–Trinajstić information content (AvgIpc) is 3.03. The zero-order valence-electron chi connectivity index (χ0n) is 18.1. The van der Waals surface area contributed by atoms with Gasteiger partial charge in [-0.25, -0.2) is 9.67 Å². The number of unbranched alkanes of at least 4 members (excludes halogenated alkanes) is 6. The van der Waals surface area contributed by atoms with Crippen molar-refractivity contribution < 1.29 is 4.74 Å². The molecule has 3 rings (SSSR count). The van der Waals surface area contributed by atoms with E-state index in [9.17, 15) is 4.79 Å². The molecule has 0 spiro atoms. The van der Waals surface area contributed by atoms with Gasteiger partial charge in [-0.3, -0.25) is 4.79 Å². The molecule has 0 amide bonds. The Balaban J connectivity index is 1.74. The second-order valence-corrected chi connectivity index (χ2v) is 8.19. The number of nitrogens with zero attached hydrogens (tertiary/aromatic N) is 3. The van der Waals surface area contributed by atoms with E-state index in [2.05, 4.69) is 17.0 Å². The number of methoxy groups -OCH3 is 1. The summed E-state index contributed by atoms with van der Waals surface area (Å²) in [5, 5.41) is 5.70. The Labute approximate surface area is 182 Å². The van der Waals surface area contributed by atoms with Crippen molar-refractivity contribution in [3.8, 4) is 5.75 Å². The van der Waals surface area contributed by atoms with E-state index < -0.39 is 0 Å². The van der Waals surface area contributed by atoms with Crippen LogP contribution in [-0.4, -0.2) is 26.9 Å². The number of nitrogens with one attached hydrogen (secondary N) is 1. The van der Waals surface area contributed by atoms with E-state index in [0.717, 1.165) is 24.2 Å². The lowest BCUT2D eigenvalue weighted by Gasteiger charge is -2.07. The lowest BCUT2D eigenvalue weighted by Crippen LogP contribution is -2.13. The van der Waals surface area contributed by atoms with Crippen LogP contribution in [0.4, 0.5) is 0 Å². The number of rotatable bonds is 11. The van der Waals surface area contributed by atoms with E-state index in [0.29, 0.717) is 34.1 Å². The van der Waals surface area contributed by atoms with E-state index >= 15 is 0 Å². The molecule has 6 nitrogen and oxygen atoms in total. The van der Waals surface area contributed by atoms with Crippen LogP contribution in [0.1, 0.15) is 69.0 Å². The van der Waals surface area contributed by atoms with Gasteiger partial charge in [0.2, 0.25) is 0 Å². The van der Waals surface area contributed by atoms with Crippen LogP contribution in [0.2, 0.25) is 5.02 Å². The van der Waals surface area contributed by atoms with Crippen LogP contribution >= 0.6 is 11.6 Å². The van der Waals surface area contributed by atoms with Crippen molar-refractivity contribution >= 4 is 22.6 Å². The van der Waals surface area contributed by atoms with Gasteiger partial charge in [0.25, 0.3) is 5.56 Å². The zero-order valence-corrected chi connectivity index (χ0v) is 18.9. The number of hydrogen-bond acceptors (Lipinski definition) is 4. The predicted molar refractivity (Wildman–Crippen MR) is 122 cm³/mol. The monoisotopic (exact) mass is 430 g/mol. The number of H-pyrrole nitrogens is 1. The topological polar surface area (TPSA) is 72.8 Å². The minimum absolute atomic E-state index is 0.141. The third-order valence-electron chi connectivity index (χ3n) is 5.39. The smallest absolute Gasteiger partial charge is 0.262 e. The Morgan fingerprint density at radius 2 is 1.87 bits per heavy atom. The maximum atomic E-state index is 12.7. The lowest BCUT2D eigenvalue weighted by molar-refractivity contribution is 0.415. The number of hydrogen-bond donors (Lipinski definition) is 1. The molecule has 0 unspecified atom stereocenters. The predicted octanol–water partition coefficient (Wildman–Crippen LogP) is 5.43. The number of aromatic nitrogens is 4. The lowest BCUT2D eigenvalue weighted by atomic mass is 10.1. The van der Waals surface area contributed by atoms with E-state index in [1.807, 2.05) is 29.8 Å². The zero-order chi connectivity index (χ0) is 21.5. The Morgan fingerprint density at radius 1 is 1.13 bits per heavy atom. The quantitative estimate of drug-likeness (QED) is 0.411. The summed E-state index contributed by atoms with van der Waals surface area (Å²) in [5.41, 5.74) is 2.20. The summed E-state index contributed by atoms with van der Waals surface area (Å²) in [6.07, 6.45) is 9.13. The van der Waals surface area contributed by atoms with Gasteiger partial charge in [0, 0.05) is 13.0 Å². The Kier molecular flexibility index (Phi) is 7.91. The molecule has 2 aromatic heterocycles. The number of aromatic amines is 1. The molecular weight excluding hydrogens is 400 g/mol. The van der Waals surface area contributed by atoms with Crippen molar-refractivity contribution in [2.75, 3.05) is 7.11 Å². The van der Waals surface area contributed by atoms with Crippen LogP contribution in [-0.2, 0) is 13.0 Å². The van der Waals surface area contributed by atoms with Crippen molar-refractivity contribution in [2.45, 2.75) is 71.8 Å². The number of ether oxygens (including phenoxy) is 1. The minimum Gasteiger partial charge on any atom is -0.495 e. The standard InChI is InChI=1S/C23H31ClN4O2/c1-4-5-6-7-8-9-10-13-28-22-21(16(2)27-28)23(29)26-20(25-22)15-17-11-12-19(30-3)18(24)14-17/h11-12,14H,4-10,13,15H2,1-3H3,(H,25,26,29). The molecule has 0 bridgehead atoms. The highest BCUT2D eigenvalue weighted by atomic mass is 35.5. The summed E-state index contributed by atoms with van der Waals surface area (Å²) in [7, 11) is 1.59. The molecule has 1 N–H and O–H groups in total. The molecular formula is C23H31ClN4O2. The molecule has 1 aromatic carbocycles. The number of halogens is 1. The van der Waals surface area contributed by atoms with Crippen LogP contribution in [0.15, 0.2) is 23.0 Å². The van der Waals surface area contributed by atoms with Crippen molar-refractivity contribution in [3.63, 3.8) is 0 Å². The SMILES string of the molecule is CCCCCCCCCn1nc(C)c2c(=O)[nH]c(Cc3ccc(OC)c(Cl)c3)nc21. The van der Waals surface area contributed by atoms with Crippen molar-refractivity contribution in [2.24, 2.45) is 0 Å². The molecule has 0 fully saturated rings. The van der Waals surface area contributed by atoms with Gasteiger partial charge in [0.15, 0.2) is 5.65 Å². The van der Waals surface area contributed by atoms with Crippen LogP contribution in [0.25, 0.3) is 11.0 Å². The summed E-state index contributed by atoms with van der Waals surface area (Å²) in [5.74, 6) is 1.23. The molecule has 30 heavy (non-hydrogen) atoms. The number of benzene rings is 1. The Hall–Kier alpha value is -2.34. The molecule has 7 heteroatoms. The molecule has 0 saturated carbocycles. The number of fused-ring (bicyclic) bond motifs is 1. The fourth-order valence-electron chi connectivity index (χ4n) is 3.77. The fraction of sp³-hybridized carbons (Fsp3) is 0.522. The largest absolute Gasteiger partial charge is 0.495 e. The Morgan fingerprint density at radius 3 is 2.57 bits per heavy atom. The second kappa shape index (κ2) is 10.6. The van der Waals surface area contributed by atoms with E-state index in [4.69, 9.17) is 21.3 Å². The maximum Gasteiger partial charge on any atom is 0.262 e. The molecule has 0 aliphatic carbocycles. The highest BCUT2D eigenvalue weighted by Crippen LogP contribution is 2.25. The van der Waals surface area contributed by atoms with Crippen LogP contribution in [0, 0.1) is 6.92 Å². The van der Waals surface area contributed by atoms with Crippen molar-refractivity contribution in [1.29, 1.82) is 0 Å². The first-order chi connectivity index (χ1) is 14.5. The molecule has 0 radical (unpaired) electrons. The van der Waals surface area contributed by atoms with Gasteiger partial charge in [0.1, 0.15) is 17.0 Å². The van der Waals surface area contributed by atoms with Gasteiger partial charge in [-0.05, 0) is 31.0 Å². The van der Waals surface area contributed by atoms with Gasteiger partial charge in [-0.1, -0.05) is 63.1 Å². The summed E-state index contributed by atoms with van der Waals surface area (Å²) in [6.45, 7) is 4.88. The summed E-state index contributed by atoms with van der Waals surface area (Å²) in [4.78, 5) is 20.3. The van der Waals surface area contributed by atoms with Crippen molar-refractivity contribution in [3.05, 3.63) is 50.7 Å². The first kappa shape index (κ1) is 22.3. The van der Waals surface area contributed by atoms with Crippen LogP contribution < -0.4 is 10.3 Å². The van der Waals surface area contributed by atoms with Gasteiger partial charge >= 0.3 is 0 Å². The molecule has 162 valence electrons. The van der Waals surface area contributed by atoms with Crippen LogP contribution in [0.3, 0.4) is 0 Å². The summed E-state index contributed by atoms with van der Waals surface area (Å²) in [6, 6.07) is 5.59. The van der Waals surface area contributed by atoms with E-state index in [-0.39, 0.29) is 5.56 Å². The van der Waals surface area contributed by atoms with Gasteiger partial charge < -0.3 is 9.72 Å². The number of aryl methyl sites for hydroxylation is 2. The molecule has 0 aliphatic heterocycles. The molecule has 0 aliphatic rings. The second-order valence-electron chi connectivity index (χ2n) is 7.79.